The van der Waals surface area contributed by atoms with Crippen molar-refractivity contribution in [1.82, 2.24) is 9.88 Å². The molecular weight excluding hydrogens is 324 g/mol. The standard InChI is InChI=1S/C19H21ClN2O2/c1-13-10-18(23)16(11-21-13)19(24)22(15-7-3-4-8-15)12-14-6-2-5-9-17(14)20/h2,5-6,9-11,15H,3-4,7-8,12H2,1H3,(H,21,23). The lowest BCUT2D eigenvalue weighted by molar-refractivity contribution is 0.0663. The van der Waals surface area contributed by atoms with Crippen molar-refractivity contribution in [1.29, 1.82) is 0 Å². The van der Waals surface area contributed by atoms with Crippen LogP contribution < -0.4 is 5.43 Å². The van der Waals surface area contributed by atoms with Crippen LogP contribution in [0.3, 0.4) is 0 Å². The quantitative estimate of drug-likeness (QED) is 0.913. The fourth-order valence-electron chi connectivity index (χ4n) is 3.29. The third-order valence-electron chi connectivity index (χ3n) is 4.61. The van der Waals surface area contributed by atoms with Gasteiger partial charge in [0.15, 0.2) is 5.43 Å². The number of nitrogens with one attached hydrogen (secondary N) is 1. The zero-order valence-corrected chi connectivity index (χ0v) is 14.5. The Kier molecular flexibility index (Phi) is 5.05. The lowest BCUT2D eigenvalue weighted by Gasteiger charge is -2.29. The van der Waals surface area contributed by atoms with Crippen LogP contribution in [0.4, 0.5) is 0 Å². The molecule has 24 heavy (non-hydrogen) atoms. The van der Waals surface area contributed by atoms with E-state index in [9.17, 15) is 9.59 Å². The fraction of sp³-hybridized carbons (Fsp3) is 0.368. The molecule has 1 saturated carbocycles. The summed E-state index contributed by atoms with van der Waals surface area (Å²) in [4.78, 5) is 30.1. The Bertz CT molecular complexity index is 794. The molecule has 0 saturated heterocycles. The van der Waals surface area contributed by atoms with Gasteiger partial charge in [-0.15, -0.1) is 0 Å². The number of rotatable bonds is 4. The van der Waals surface area contributed by atoms with Crippen molar-refractivity contribution in [3.05, 3.63) is 68.6 Å². The van der Waals surface area contributed by atoms with Crippen molar-refractivity contribution in [3.63, 3.8) is 0 Å². The molecular formula is C19H21ClN2O2. The minimum absolute atomic E-state index is 0.162. The van der Waals surface area contributed by atoms with Crippen molar-refractivity contribution < 1.29 is 4.79 Å². The van der Waals surface area contributed by atoms with Crippen molar-refractivity contribution in [2.45, 2.75) is 45.2 Å². The van der Waals surface area contributed by atoms with Crippen molar-refractivity contribution in [2.75, 3.05) is 0 Å². The van der Waals surface area contributed by atoms with E-state index in [2.05, 4.69) is 4.98 Å². The molecule has 1 aliphatic carbocycles. The van der Waals surface area contributed by atoms with Gasteiger partial charge in [-0.3, -0.25) is 9.59 Å². The van der Waals surface area contributed by atoms with Crippen LogP contribution in [0.2, 0.25) is 5.02 Å². The molecule has 5 heteroatoms. The van der Waals surface area contributed by atoms with Gasteiger partial charge in [0.2, 0.25) is 0 Å². The topological polar surface area (TPSA) is 53.2 Å². The maximum Gasteiger partial charge on any atom is 0.259 e. The lowest BCUT2D eigenvalue weighted by Crippen LogP contribution is -2.40. The SMILES string of the molecule is Cc1cc(=O)c(C(=O)N(Cc2ccccc2Cl)C2CCCC2)c[nH]1. The Morgan fingerprint density at radius 2 is 2.00 bits per heavy atom. The number of H-pyrrole nitrogens is 1. The van der Waals surface area contributed by atoms with Gasteiger partial charge in [-0.1, -0.05) is 42.6 Å². The Labute approximate surface area is 146 Å². The summed E-state index contributed by atoms with van der Waals surface area (Å²) in [5.41, 5.74) is 1.61. The lowest BCUT2D eigenvalue weighted by atomic mass is 10.1. The van der Waals surface area contributed by atoms with Crippen LogP contribution in [0.25, 0.3) is 0 Å². The van der Waals surface area contributed by atoms with Crippen LogP contribution in [-0.2, 0) is 6.54 Å². The third kappa shape index (κ3) is 3.54. The summed E-state index contributed by atoms with van der Waals surface area (Å²) in [6, 6.07) is 9.17. The van der Waals surface area contributed by atoms with Gasteiger partial charge in [-0.05, 0) is 31.4 Å². The molecule has 0 atom stereocenters. The molecule has 4 nitrogen and oxygen atoms in total. The van der Waals surface area contributed by atoms with Gasteiger partial charge in [0, 0.05) is 35.6 Å². The van der Waals surface area contributed by atoms with Gasteiger partial charge in [-0.25, -0.2) is 0 Å². The third-order valence-corrected chi connectivity index (χ3v) is 4.98. The Morgan fingerprint density at radius 1 is 1.29 bits per heavy atom. The molecule has 1 fully saturated rings. The molecule has 0 bridgehead atoms. The van der Waals surface area contributed by atoms with Crippen molar-refractivity contribution >= 4 is 17.5 Å². The van der Waals surface area contributed by atoms with Gasteiger partial charge in [0.05, 0.1) is 0 Å². The van der Waals surface area contributed by atoms with Gasteiger partial charge in [0.1, 0.15) is 5.56 Å². The number of pyridine rings is 1. The number of halogens is 1. The first-order valence-electron chi connectivity index (χ1n) is 8.30. The van der Waals surface area contributed by atoms with Crippen molar-refractivity contribution in [3.8, 4) is 0 Å². The number of hydrogen-bond acceptors (Lipinski definition) is 2. The maximum absolute atomic E-state index is 13.0. The minimum Gasteiger partial charge on any atom is -0.364 e. The van der Waals surface area contributed by atoms with Crippen molar-refractivity contribution in [2.24, 2.45) is 0 Å². The number of carbonyl (C=O) groups excluding carboxylic acids is 1. The Balaban J connectivity index is 1.93. The number of aryl methyl sites for hydroxylation is 1. The zero-order valence-electron chi connectivity index (χ0n) is 13.7. The molecule has 0 unspecified atom stereocenters. The van der Waals surface area contributed by atoms with E-state index in [1.165, 1.54) is 12.3 Å². The van der Waals surface area contributed by atoms with E-state index in [1.54, 1.807) is 6.92 Å². The number of aromatic amines is 1. The molecule has 0 spiro atoms. The highest BCUT2D eigenvalue weighted by molar-refractivity contribution is 6.31. The van der Waals surface area contributed by atoms with Gasteiger partial charge < -0.3 is 9.88 Å². The Hall–Kier alpha value is -2.07. The van der Waals surface area contributed by atoms with Crippen LogP contribution >= 0.6 is 11.6 Å². The van der Waals surface area contributed by atoms with E-state index in [4.69, 9.17) is 11.6 Å². The second kappa shape index (κ2) is 7.22. The first-order chi connectivity index (χ1) is 11.6. The summed E-state index contributed by atoms with van der Waals surface area (Å²) in [6.07, 6.45) is 5.69. The highest BCUT2D eigenvalue weighted by Crippen LogP contribution is 2.27. The van der Waals surface area contributed by atoms with E-state index in [1.807, 2.05) is 29.2 Å². The van der Waals surface area contributed by atoms with E-state index < -0.39 is 0 Å². The molecule has 126 valence electrons. The highest BCUT2D eigenvalue weighted by atomic mass is 35.5. The van der Waals surface area contributed by atoms with Crippen LogP contribution in [-0.4, -0.2) is 21.8 Å². The minimum atomic E-state index is -0.238. The maximum atomic E-state index is 13.0. The summed E-state index contributed by atoms with van der Waals surface area (Å²) >= 11 is 6.27. The summed E-state index contributed by atoms with van der Waals surface area (Å²) in [5, 5.41) is 0.645. The molecule has 2 aromatic rings. The van der Waals surface area contributed by atoms with Gasteiger partial charge >= 0.3 is 0 Å². The Morgan fingerprint density at radius 3 is 2.67 bits per heavy atom. The number of amides is 1. The van der Waals surface area contributed by atoms with Gasteiger partial charge in [-0.2, -0.15) is 0 Å². The first-order valence-corrected chi connectivity index (χ1v) is 8.68. The van der Waals surface area contributed by atoms with Gasteiger partial charge in [0.25, 0.3) is 5.91 Å². The monoisotopic (exact) mass is 344 g/mol. The molecule has 1 N–H and O–H groups in total. The second-order valence-corrected chi connectivity index (χ2v) is 6.76. The predicted molar refractivity (Wildman–Crippen MR) is 95.4 cm³/mol. The zero-order chi connectivity index (χ0) is 17.1. The molecule has 1 amide bonds. The molecule has 1 aliphatic rings. The number of benzene rings is 1. The molecule has 3 rings (SSSR count). The van der Waals surface area contributed by atoms with Crippen LogP contribution in [0.15, 0.2) is 41.3 Å². The molecule has 0 aliphatic heterocycles. The number of carbonyl (C=O) groups is 1. The fourth-order valence-corrected chi connectivity index (χ4v) is 3.48. The van der Waals surface area contributed by atoms with E-state index in [0.29, 0.717) is 11.6 Å². The number of aromatic nitrogens is 1. The summed E-state index contributed by atoms with van der Waals surface area (Å²) < 4.78 is 0. The number of nitrogens with zero attached hydrogens (tertiary/aromatic N) is 1. The number of hydrogen-bond donors (Lipinski definition) is 1. The molecule has 0 radical (unpaired) electrons. The molecule has 1 aromatic carbocycles. The van der Waals surface area contributed by atoms with Crippen LogP contribution in [0.5, 0.6) is 0 Å². The summed E-state index contributed by atoms with van der Waals surface area (Å²) in [5.74, 6) is -0.219. The highest BCUT2D eigenvalue weighted by Gasteiger charge is 2.29. The average molecular weight is 345 g/mol. The first kappa shape index (κ1) is 16.8. The van der Waals surface area contributed by atoms with Crippen LogP contribution in [0, 0.1) is 6.92 Å². The predicted octanol–water partition coefficient (Wildman–Crippen LogP) is 3.92. The largest absolute Gasteiger partial charge is 0.364 e. The molecule has 1 heterocycles. The van der Waals surface area contributed by atoms with E-state index in [0.717, 1.165) is 36.9 Å². The summed E-state index contributed by atoms with van der Waals surface area (Å²) in [6.45, 7) is 2.23. The second-order valence-electron chi connectivity index (χ2n) is 6.36. The molecule has 1 aromatic heterocycles. The van der Waals surface area contributed by atoms with E-state index in [-0.39, 0.29) is 22.9 Å². The van der Waals surface area contributed by atoms with E-state index >= 15 is 0 Å². The van der Waals surface area contributed by atoms with Crippen LogP contribution in [0.1, 0.15) is 47.3 Å². The average Bonchev–Trinajstić information content (AvgIpc) is 3.08. The smallest absolute Gasteiger partial charge is 0.259 e. The summed E-state index contributed by atoms with van der Waals surface area (Å²) in [7, 11) is 0. The normalized spacial score (nSPS) is 14.8.